The molecular formula is C22H23ClN2O5. The van der Waals surface area contributed by atoms with Gasteiger partial charge >= 0.3 is 5.97 Å². The summed E-state index contributed by atoms with van der Waals surface area (Å²) >= 11 is 6.00. The van der Waals surface area contributed by atoms with E-state index in [1.54, 1.807) is 42.2 Å². The molecule has 0 spiro atoms. The minimum atomic E-state index is -0.523. The maximum absolute atomic E-state index is 12.9. The average molecular weight is 431 g/mol. The van der Waals surface area contributed by atoms with Crippen molar-refractivity contribution < 1.29 is 23.8 Å². The summed E-state index contributed by atoms with van der Waals surface area (Å²) in [4.78, 5) is 29.4. The van der Waals surface area contributed by atoms with Crippen molar-refractivity contribution in [2.75, 3.05) is 39.6 Å². The summed E-state index contributed by atoms with van der Waals surface area (Å²) in [6.45, 7) is 4.41. The van der Waals surface area contributed by atoms with Crippen LogP contribution in [0.25, 0.3) is 0 Å². The van der Waals surface area contributed by atoms with E-state index in [1.165, 1.54) is 0 Å². The van der Waals surface area contributed by atoms with Gasteiger partial charge in [0, 0.05) is 36.8 Å². The molecule has 1 saturated heterocycles. The van der Waals surface area contributed by atoms with Crippen molar-refractivity contribution >= 4 is 23.5 Å². The molecule has 0 aromatic heterocycles. The van der Waals surface area contributed by atoms with Gasteiger partial charge in [0.05, 0.1) is 6.61 Å². The summed E-state index contributed by atoms with van der Waals surface area (Å²) in [5.74, 6) is 0.878. The number of ether oxygens (including phenoxy) is 3. The van der Waals surface area contributed by atoms with E-state index in [4.69, 9.17) is 25.8 Å². The smallest absolute Gasteiger partial charge is 0.328 e. The Morgan fingerprint density at radius 2 is 1.73 bits per heavy atom. The van der Waals surface area contributed by atoms with Crippen LogP contribution in [0.3, 0.4) is 0 Å². The molecule has 0 bridgehead atoms. The highest BCUT2D eigenvalue weighted by molar-refractivity contribution is 6.30. The highest BCUT2D eigenvalue weighted by atomic mass is 35.5. The van der Waals surface area contributed by atoms with Gasteiger partial charge in [-0.05, 0) is 42.8 Å². The molecule has 0 N–H and O–H groups in total. The van der Waals surface area contributed by atoms with Gasteiger partial charge in [0.15, 0.2) is 11.5 Å². The zero-order valence-corrected chi connectivity index (χ0v) is 17.4. The lowest BCUT2D eigenvalue weighted by atomic mass is 10.0. The van der Waals surface area contributed by atoms with E-state index < -0.39 is 6.04 Å². The quantitative estimate of drug-likeness (QED) is 0.679. The number of benzene rings is 2. The molecule has 7 nitrogen and oxygen atoms in total. The molecule has 8 heteroatoms. The second-order valence-electron chi connectivity index (χ2n) is 7.10. The fourth-order valence-corrected chi connectivity index (χ4v) is 3.88. The topological polar surface area (TPSA) is 68.3 Å². The van der Waals surface area contributed by atoms with Crippen LogP contribution < -0.4 is 9.47 Å². The summed E-state index contributed by atoms with van der Waals surface area (Å²) in [7, 11) is 0. The molecule has 0 radical (unpaired) electrons. The van der Waals surface area contributed by atoms with E-state index in [2.05, 4.69) is 0 Å². The van der Waals surface area contributed by atoms with Gasteiger partial charge in [-0.3, -0.25) is 9.69 Å². The molecule has 158 valence electrons. The Hall–Kier alpha value is -2.77. The lowest BCUT2D eigenvalue weighted by molar-refractivity contribution is -0.150. The third-order valence-electron chi connectivity index (χ3n) is 5.28. The Bertz CT molecular complexity index is 926. The van der Waals surface area contributed by atoms with Gasteiger partial charge in [-0.1, -0.05) is 23.7 Å². The van der Waals surface area contributed by atoms with E-state index in [1.807, 2.05) is 17.0 Å². The summed E-state index contributed by atoms with van der Waals surface area (Å²) in [6, 6.07) is 11.9. The molecule has 1 amide bonds. The van der Waals surface area contributed by atoms with Gasteiger partial charge in [0.1, 0.15) is 6.04 Å². The number of carbonyl (C=O) groups excluding carboxylic acids is 2. The van der Waals surface area contributed by atoms with Crippen LogP contribution >= 0.6 is 11.6 Å². The Kier molecular flexibility index (Phi) is 6.11. The second-order valence-corrected chi connectivity index (χ2v) is 7.54. The second kappa shape index (κ2) is 8.93. The first kappa shape index (κ1) is 20.5. The zero-order valence-electron chi connectivity index (χ0n) is 16.7. The molecule has 0 aliphatic carbocycles. The molecule has 0 unspecified atom stereocenters. The summed E-state index contributed by atoms with van der Waals surface area (Å²) in [6.07, 6.45) is 0. The molecule has 2 aromatic rings. The Morgan fingerprint density at radius 1 is 1.03 bits per heavy atom. The predicted molar refractivity (Wildman–Crippen MR) is 111 cm³/mol. The minimum absolute atomic E-state index is 0.0628. The number of halogens is 1. The van der Waals surface area contributed by atoms with Crippen LogP contribution in [0.4, 0.5) is 0 Å². The molecule has 2 heterocycles. The Morgan fingerprint density at radius 3 is 2.43 bits per heavy atom. The van der Waals surface area contributed by atoms with Gasteiger partial charge in [0.2, 0.25) is 6.79 Å². The van der Waals surface area contributed by atoms with Crippen molar-refractivity contribution in [1.82, 2.24) is 9.80 Å². The number of amides is 1. The largest absolute Gasteiger partial charge is 0.465 e. The van der Waals surface area contributed by atoms with E-state index in [0.29, 0.717) is 54.9 Å². The number of rotatable bonds is 5. The molecule has 30 heavy (non-hydrogen) atoms. The van der Waals surface area contributed by atoms with E-state index in [-0.39, 0.29) is 18.7 Å². The van der Waals surface area contributed by atoms with Crippen LogP contribution in [-0.2, 0) is 9.53 Å². The van der Waals surface area contributed by atoms with Crippen LogP contribution in [0.15, 0.2) is 42.5 Å². The first-order chi connectivity index (χ1) is 14.6. The lowest BCUT2D eigenvalue weighted by Crippen LogP contribution is -2.51. The highest BCUT2D eigenvalue weighted by Crippen LogP contribution is 2.33. The molecular weight excluding hydrogens is 408 g/mol. The number of fused-ring (bicyclic) bond motifs is 1. The average Bonchev–Trinajstić information content (AvgIpc) is 3.23. The third-order valence-corrected chi connectivity index (χ3v) is 5.53. The number of piperazine rings is 1. The number of hydrogen-bond acceptors (Lipinski definition) is 6. The minimum Gasteiger partial charge on any atom is -0.465 e. The van der Waals surface area contributed by atoms with Gasteiger partial charge in [-0.25, -0.2) is 4.79 Å². The van der Waals surface area contributed by atoms with Gasteiger partial charge in [-0.2, -0.15) is 0 Å². The van der Waals surface area contributed by atoms with Crippen LogP contribution in [0, 0.1) is 0 Å². The summed E-state index contributed by atoms with van der Waals surface area (Å²) in [5, 5.41) is 0.612. The van der Waals surface area contributed by atoms with Crippen molar-refractivity contribution in [2.24, 2.45) is 0 Å². The van der Waals surface area contributed by atoms with Crippen LogP contribution in [-0.4, -0.2) is 61.3 Å². The molecule has 4 rings (SSSR count). The molecule has 2 aromatic carbocycles. The first-order valence-electron chi connectivity index (χ1n) is 9.92. The molecule has 2 aliphatic rings. The van der Waals surface area contributed by atoms with Gasteiger partial charge in [0.25, 0.3) is 5.91 Å². The van der Waals surface area contributed by atoms with Crippen LogP contribution in [0.2, 0.25) is 5.02 Å². The fourth-order valence-electron chi connectivity index (χ4n) is 3.76. The number of carbonyl (C=O) groups is 2. The summed E-state index contributed by atoms with van der Waals surface area (Å²) in [5.41, 5.74) is 1.39. The van der Waals surface area contributed by atoms with Gasteiger partial charge < -0.3 is 19.1 Å². The first-order valence-corrected chi connectivity index (χ1v) is 10.3. The molecule has 2 aliphatic heterocycles. The monoisotopic (exact) mass is 430 g/mol. The van der Waals surface area contributed by atoms with Crippen molar-refractivity contribution in [3.63, 3.8) is 0 Å². The lowest BCUT2D eigenvalue weighted by Gasteiger charge is -2.38. The zero-order chi connectivity index (χ0) is 21.1. The van der Waals surface area contributed by atoms with E-state index in [0.717, 1.165) is 5.56 Å². The standard InChI is InChI=1S/C22H23ClN2O5/c1-2-28-22(27)20(15-3-6-17(23)7-4-15)24-9-11-25(12-10-24)21(26)16-5-8-18-19(13-16)30-14-29-18/h3-8,13,20H,2,9-12,14H2,1H3/t20-/m1/s1. The SMILES string of the molecule is CCOC(=O)[C@@H](c1ccc(Cl)cc1)N1CCN(C(=O)c2ccc3c(c2)OCO3)CC1. The summed E-state index contributed by atoms with van der Waals surface area (Å²) < 4.78 is 16.0. The Labute approximate surface area is 180 Å². The number of nitrogens with zero attached hydrogens (tertiary/aromatic N) is 2. The molecule has 0 saturated carbocycles. The highest BCUT2D eigenvalue weighted by Gasteiger charge is 2.33. The number of hydrogen-bond donors (Lipinski definition) is 0. The predicted octanol–water partition coefficient (Wildman–Crippen LogP) is 3.13. The maximum Gasteiger partial charge on any atom is 0.328 e. The molecule has 1 atom stereocenters. The van der Waals surface area contributed by atoms with Crippen molar-refractivity contribution in [3.05, 3.63) is 58.6 Å². The van der Waals surface area contributed by atoms with Crippen molar-refractivity contribution in [3.8, 4) is 11.5 Å². The fraction of sp³-hybridized carbons (Fsp3) is 0.364. The van der Waals surface area contributed by atoms with Crippen LogP contribution in [0.1, 0.15) is 28.9 Å². The van der Waals surface area contributed by atoms with Gasteiger partial charge in [-0.15, -0.1) is 0 Å². The molecule has 1 fully saturated rings. The Balaban J connectivity index is 1.45. The van der Waals surface area contributed by atoms with E-state index in [9.17, 15) is 9.59 Å². The normalized spacial score (nSPS) is 16.9. The van der Waals surface area contributed by atoms with Crippen LogP contribution in [0.5, 0.6) is 11.5 Å². The van der Waals surface area contributed by atoms with Crippen molar-refractivity contribution in [1.29, 1.82) is 0 Å². The van der Waals surface area contributed by atoms with E-state index >= 15 is 0 Å². The third kappa shape index (κ3) is 4.22. The number of esters is 1. The van der Waals surface area contributed by atoms with Crippen molar-refractivity contribution in [2.45, 2.75) is 13.0 Å². The maximum atomic E-state index is 12.9.